The van der Waals surface area contributed by atoms with E-state index in [0.29, 0.717) is 11.2 Å². The quantitative estimate of drug-likeness (QED) is 0.432. The Labute approximate surface area is 90.4 Å². The van der Waals surface area contributed by atoms with E-state index in [9.17, 15) is 4.79 Å². The molecule has 0 spiro atoms. The number of nitrogens with zero attached hydrogens (tertiary/aromatic N) is 1. The molecule has 0 unspecified atom stereocenters. The lowest BCUT2D eigenvalue weighted by Gasteiger charge is -2.08. The molecule has 0 bridgehead atoms. The molecule has 0 aliphatic carbocycles. The number of anilines is 1. The van der Waals surface area contributed by atoms with E-state index >= 15 is 0 Å². The Hall–Kier alpha value is -2.08. The number of nitrogens with two attached hydrogens (primary N) is 1. The van der Waals surface area contributed by atoms with E-state index in [1.165, 1.54) is 0 Å². The zero-order valence-electron chi connectivity index (χ0n) is 8.32. The lowest BCUT2D eigenvalue weighted by atomic mass is 10.0. The number of H-pyrrole nitrogens is 1. The van der Waals surface area contributed by atoms with E-state index in [1.54, 1.807) is 6.20 Å². The van der Waals surface area contributed by atoms with Gasteiger partial charge in [0.15, 0.2) is 0 Å². The Balaban J connectivity index is 2.36. The van der Waals surface area contributed by atoms with Gasteiger partial charge in [0.1, 0.15) is 5.56 Å². The zero-order valence-corrected chi connectivity index (χ0v) is 8.32. The van der Waals surface area contributed by atoms with Crippen LogP contribution < -0.4 is 11.1 Å². The van der Waals surface area contributed by atoms with Crippen molar-refractivity contribution in [2.24, 2.45) is 0 Å². The summed E-state index contributed by atoms with van der Waals surface area (Å²) >= 11 is 0. The SMILES string of the molecule is Nc1c([C@H]2CN2)cc2cn[nH]c2c1C(=O)O. The summed E-state index contributed by atoms with van der Waals surface area (Å²) in [4.78, 5) is 11.2. The van der Waals surface area contributed by atoms with Crippen LogP contribution in [0.2, 0.25) is 0 Å². The highest BCUT2D eigenvalue weighted by Gasteiger charge is 2.28. The first-order valence-corrected chi connectivity index (χ1v) is 4.90. The molecule has 1 aliphatic rings. The number of hydrogen-bond donors (Lipinski definition) is 4. The molecule has 0 amide bonds. The fourth-order valence-electron chi connectivity index (χ4n) is 1.92. The van der Waals surface area contributed by atoms with E-state index in [1.807, 2.05) is 6.07 Å². The molecule has 2 heterocycles. The normalized spacial score (nSPS) is 18.9. The van der Waals surface area contributed by atoms with Crippen molar-refractivity contribution in [1.29, 1.82) is 0 Å². The minimum atomic E-state index is -1.03. The molecule has 5 N–H and O–H groups in total. The third kappa shape index (κ3) is 1.17. The first-order chi connectivity index (χ1) is 7.68. The van der Waals surface area contributed by atoms with Crippen molar-refractivity contribution in [3.05, 3.63) is 23.4 Å². The number of fused-ring (bicyclic) bond motifs is 1. The van der Waals surface area contributed by atoms with Crippen molar-refractivity contribution in [3.63, 3.8) is 0 Å². The van der Waals surface area contributed by atoms with Gasteiger partial charge in [-0.1, -0.05) is 0 Å². The van der Waals surface area contributed by atoms with Gasteiger partial charge in [0.2, 0.25) is 0 Å². The number of carbonyl (C=O) groups is 1. The van der Waals surface area contributed by atoms with E-state index < -0.39 is 5.97 Å². The van der Waals surface area contributed by atoms with Crippen molar-refractivity contribution in [2.45, 2.75) is 6.04 Å². The minimum absolute atomic E-state index is 0.110. The van der Waals surface area contributed by atoms with Crippen LogP contribution in [0, 0.1) is 0 Å². The molecule has 0 radical (unpaired) electrons. The summed E-state index contributed by atoms with van der Waals surface area (Å²) in [5, 5.41) is 19.6. The third-order valence-electron chi connectivity index (χ3n) is 2.81. The highest BCUT2D eigenvalue weighted by Crippen LogP contribution is 2.34. The number of hydrogen-bond acceptors (Lipinski definition) is 4. The van der Waals surface area contributed by atoms with Crippen LogP contribution in [0.1, 0.15) is 22.0 Å². The van der Waals surface area contributed by atoms with Crippen molar-refractivity contribution >= 4 is 22.6 Å². The average molecular weight is 218 g/mol. The largest absolute Gasteiger partial charge is 0.478 e. The maximum Gasteiger partial charge on any atom is 0.340 e. The highest BCUT2D eigenvalue weighted by molar-refractivity contribution is 6.07. The summed E-state index contributed by atoms with van der Waals surface area (Å²) in [6, 6.07) is 2.06. The van der Waals surface area contributed by atoms with Crippen LogP contribution in [-0.2, 0) is 0 Å². The topological polar surface area (TPSA) is 114 Å². The first-order valence-electron chi connectivity index (χ1n) is 4.90. The molecule has 1 aromatic carbocycles. The second kappa shape index (κ2) is 2.96. The van der Waals surface area contributed by atoms with E-state index in [-0.39, 0.29) is 11.6 Å². The summed E-state index contributed by atoms with van der Waals surface area (Å²) in [6.45, 7) is 0.840. The second-order valence-corrected chi connectivity index (χ2v) is 3.85. The van der Waals surface area contributed by atoms with E-state index in [0.717, 1.165) is 17.5 Å². The highest BCUT2D eigenvalue weighted by atomic mass is 16.4. The number of rotatable bonds is 2. The molecular weight excluding hydrogens is 208 g/mol. The summed E-state index contributed by atoms with van der Waals surface area (Å²) in [5.41, 5.74) is 7.63. The molecule has 1 atom stereocenters. The summed E-state index contributed by atoms with van der Waals surface area (Å²) in [7, 11) is 0. The summed E-state index contributed by atoms with van der Waals surface area (Å²) < 4.78 is 0. The molecular formula is C10H10N4O2. The predicted molar refractivity (Wildman–Crippen MR) is 58.2 cm³/mol. The standard InChI is InChI=1S/C10H10N4O2/c11-8-5(6-3-12-6)1-4-2-13-14-9(4)7(8)10(15)16/h1-2,6,12H,3,11H2,(H,13,14)(H,15,16)/t6-/m1/s1. The molecule has 0 saturated carbocycles. The van der Waals surface area contributed by atoms with Crippen LogP contribution >= 0.6 is 0 Å². The first kappa shape index (κ1) is 9.17. The monoisotopic (exact) mass is 218 g/mol. The molecule has 1 aliphatic heterocycles. The Morgan fingerprint density at radius 3 is 3.00 bits per heavy atom. The molecule has 3 rings (SSSR count). The number of aromatic carboxylic acids is 1. The summed E-state index contributed by atoms with van der Waals surface area (Å²) in [6.07, 6.45) is 1.60. The molecule has 2 aromatic rings. The number of carboxylic acid groups (broad SMARTS) is 1. The van der Waals surface area contributed by atoms with Gasteiger partial charge in [0.25, 0.3) is 0 Å². The Morgan fingerprint density at radius 1 is 1.62 bits per heavy atom. The van der Waals surface area contributed by atoms with Crippen molar-refractivity contribution in [1.82, 2.24) is 15.5 Å². The molecule has 1 fully saturated rings. The average Bonchev–Trinajstić information content (AvgIpc) is 2.96. The number of aromatic amines is 1. The molecule has 1 aromatic heterocycles. The zero-order chi connectivity index (χ0) is 11.3. The van der Waals surface area contributed by atoms with Gasteiger partial charge in [-0.15, -0.1) is 0 Å². The number of nitrogens with one attached hydrogen (secondary N) is 2. The molecule has 82 valence electrons. The maximum atomic E-state index is 11.2. The van der Waals surface area contributed by atoms with Crippen LogP contribution in [-0.4, -0.2) is 27.8 Å². The minimum Gasteiger partial charge on any atom is -0.478 e. The van der Waals surface area contributed by atoms with Crippen LogP contribution in [0.4, 0.5) is 5.69 Å². The Bertz CT molecular complexity index is 586. The van der Waals surface area contributed by atoms with Gasteiger partial charge in [0.05, 0.1) is 17.4 Å². The maximum absolute atomic E-state index is 11.2. The van der Waals surface area contributed by atoms with Gasteiger partial charge in [-0.3, -0.25) is 5.10 Å². The number of benzene rings is 1. The van der Waals surface area contributed by atoms with Crippen LogP contribution in [0.3, 0.4) is 0 Å². The molecule has 6 heteroatoms. The smallest absolute Gasteiger partial charge is 0.340 e. The van der Waals surface area contributed by atoms with Gasteiger partial charge in [-0.2, -0.15) is 5.10 Å². The van der Waals surface area contributed by atoms with Crippen molar-refractivity contribution < 1.29 is 9.90 Å². The molecule has 1 saturated heterocycles. The lowest BCUT2D eigenvalue weighted by molar-refractivity contribution is 0.0700. The number of aromatic nitrogens is 2. The van der Waals surface area contributed by atoms with Crippen LogP contribution in [0.5, 0.6) is 0 Å². The van der Waals surface area contributed by atoms with Crippen LogP contribution in [0.15, 0.2) is 12.3 Å². The molecule has 6 nitrogen and oxygen atoms in total. The van der Waals surface area contributed by atoms with Gasteiger partial charge < -0.3 is 16.2 Å². The van der Waals surface area contributed by atoms with Gasteiger partial charge in [0, 0.05) is 18.0 Å². The molecule has 16 heavy (non-hydrogen) atoms. The van der Waals surface area contributed by atoms with Gasteiger partial charge in [-0.25, -0.2) is 4.79 Å². The van der Waals surface area contributed by atoms with E-state index in [4.69, 9.17) is 10.8 Å². The Morgan fingerprint density at radius 2 is 2.38 bits per heavy atom. The fraction of sp³-hybridized carbons (Fsp3) is 0.200. The number of nitrogen functional groups attached to an aromatic ring is 1. The van der Waals surface area contributed by atoms with Gasteiger partial charge in [-0.05, 0) is 11.6 Å². The predicted octanol–water partition coefficient (Wildman–Crippen LogP) is 0.488. The second-order valence-electron chi connectivity index (χ2n) is 3.85. The number of carboxylic acids is 1. The summed E-state index contributed by atoms with van der Waals surface area (Å²) in [5.74, 6) is -1.03. The lowest BCUT2D eigenvalue weighted by Crippen LogP contribution is -2.07. The fourth-order valence-corrected chi connectivity index (χ4v) is 1.92. The van der Waals surface area contributed by atoms with Crippen molar-refractivity contribution in [2.75, 3.05) is 12.3 Å². The third-order valence-corrected chi connectivity index (χ3v) is 2.81. The van der Waals surface area contributed by atoms with E-state index in [2.05, 4.69) is 15.5 Å². The Kier molecular flexibility index (Phi) is 1.69. The van der Waals surface area contributed by atoms with Gasteiger partial charge >= 0.3 is 5.97 Å². The van der Waals surface area contributed by atoms with Crippen molar-refractivity contribution in [3.8, 4) is 0 Å². The van der Waals surface area contributed by atoms with Crippen LogP contribution in [0.25, 0.3) is 10.9 Å².